The largest absolute Gasteiger partial charge is 0.374 e. The molecule has 0 amide bonds. The molecule has 0 bridgehead atoms. The van der Waals surface area contributed by atoms with Crippen LogP contribution in [0.25, 0.3) is 22.5 Å². The highest BCUT2D eigenvalue weighted by atomic mass is 35.5. The van der Waals surface area contributed by atoms with Gasteiger partial charge in [0.25, 0.3) is 0 Å². The zero-order valence-corrected chi connectivity index (χ0v) is 17.7. The van der Waals surface area contributed by atoms with Gasteiger partial charge in [-0.3, -0.25) is 0 Å². The van der Waals surface area contributed by atoms with E-state index in [1.54, 1.807) is 6.07 Å². The molecule has 4 aromatic rings. The minimum atomic E-state index is 0.126. The Hall–Kier alpha value is -3.35. The number of nitrogens with zero attached hydrogens (tertiary/aromatic N) is 4. The molecule has 0 atom stereocenters. The Kier molecular flexibility index (Phi) is 5.70. The van der Waals surface area contributed by atoms with Crippen molar-refractivity contribution in [2.75, 3.05) is 0 Å². The van der Waals surface area contributed by atoms with Crippen molar-refractivity contribution in [3.05, 3.63) is 89.4 Å². The highest BCUT2D eigenvalue weighted by Gasteiger charge is 2.22. The third kappa shape index (κ3) is 3.87. The monoisotopic (exact) mass is 431 g/mol. The summed E-state index contributed by atoms with van der Waals surface area (Å²) in [5, 5.41) is 14.4. The number of rotatable bonds is 4. The third-order valence-electron chi connectivity index (χ3n) is 4.60. The number of hydrogen-bond donors (Lipinski definition) is 1. The molecule has 3 aromatic carbocycles. The summed E-state index contributed by atoms with van der Waals surface area (Å²) in [7, 11) is 0. The second-order valence-electron chi connectivity index (χ2n) is 6.63. The van der Waals surface area contributed by atoms with Gasteiger partial charge in [-0.1, -0.05) is 84.4 Å². The van der Waals surface area contributed by atoms with Crippen molar-refractivity contribution in [1.29, 1.82) is 0 Å². The van der Waals surface area contributed by atoms with Crippen LogP contribution in [0, 0.1) is 6.92 Å². The molecular formula is C23H18ClN5S. The van der Waals surface area contributed by atoms with E-state index in [4.69, 9.17) is 29.6 Å². The fourth-order valence-corrected chi connectivity index (χ4v) is 3.55. The van der Waals surface area contributed by atoms with Gasteiger partial charge in [0, 0.05) is 11.1 Å². The Labute approximate surface area is 184 Å². The summed E-state index contributed by atoms with van der Waals surface area (Å²) < 4.78 is 1.53. The first-order valence-corrected chi connectivity index (χ1v) is 10.1. The Morgan fingerprint density at radius 1 is 0.867 bits per heavy atom. The van der Waals surface area contributed by atoms with Gasteiger partial charge < -0.3 is 5.73 Å². The molecule has 5 nitrogen and oxygen atoms in total. The molecule has 148 valence electrons. The normalized spacial score (nSPS) is 11.1. The van der Waals surface area contributed by atoms with Crippen LogP contribution < -0.4 is 5.73 Å². The minimum Gasteiger partial charge on any atom is -0.374 e. The van der Waals surface area contributed by atoms with Crippen molar-refractivity contribution in [3.63, 3.8) is 0 Å². The molecule has 0 unspecified atom stereocenters. The van der Waals surface area contributed by atoms with E-state index in [1.165, 1.54) is 4.68 Å². The number of azo groups is 1. The number of nitrogens with two attached hydrogens (primary N) is 1. The minimum absolute atomic E-state index is 0.126. The second kappa shape index (κ2) is 8.57. The first kappa shape index (κ1) is 19.9. The summed E-state index contributed by atoms with van der Waals surface area (Å²) in [5.74, 6) is 0. The van der Waals surface area contributed by atoms with Gasteiger partial charge in [0.15, 0.2) is 5.11 Å². The maximum atomic E-state index is 6.35. The number of halogens is 1. The summed E-state index contributed by atoms with van der Waals surface area (Å²) in [6, 6.07) is 25.1. The van der Waals surface area contributed by atoms with Crippen molar-refractivity contribution in [3.8, 4) is 22.5 Å². The van der Waals surface area contributed by atoms with Gasteiger partial charge in [0.2, 0.25) is 0 Å². The van der Waals surface area contributed by atoms with Crippen molar-refractivity contribution < 1.29 is 0 Å². The number of aryl methyl sites for hydroxylation is 1. The summed E-state index contributed by atoms with van der Waals surface area (Å²) in [4.78, 5) is 0. The van der Waals surface area contributed by atoms with Gasteiger partial charge >= 0.3 is 0 Å². The van der Waals surface area contributed by atoms with E-state index >= 15 is 0 Å². The van der Waals surface area contributed by atoms with E-state index in [2.05, 4.69) is 15.3 Å². The van der Waals surface area contributed by atoms with Crippen molar-refractivity contribution in [2.45, 2.75) is 6.92 Å². The number of hydrogen-bond acceptors (Lipinski definition) is 4. The van der Waals surface area contributed by atoms with Crippen LogP contribution in [-0.2, 0) is 0 Å². The van der Waals surface area contributed by atoms with E-state index in [1.807, 2.05) is 79.7 Å². The molecule has 2 N–H and O–H groups in total. The van der Waals surface area contributed by atoms with Crippen LogP contribution in [0.4, 0.5) is 11.4 Å². The molecule has 4 rings (SSSR count). The maximum absolute atomic E-state index is 6.35. The van der Waals surface area contributed by atoms with Crippen LogP contribution in [0.3, 0.4) is 0 Å². The van der Waals surface area contributed by atoms with E-state index < -0.39 is 0 Å². The van der Waals surface area contributed by atoms with E-state index in [9.17, 15) is 0 Å². The number of thiocarbonyl (C=S) groups is 1. The summed E-state index contributed by atoms with van der Waals surface area (Å²) in [5.41, 5.74) is 11.2. The van der Waals surface area contributed by atoms with Gasteiger partial charge in [0.05, 0.1) is 5.02 Å². The molecule has 30 heavy (non-hydrogen) atoms. The van der Waals surface area contributed by atoms with Gasteiger partial charge in [-0.05, 0) is 30.8 Å². The Morgan fingerprint density at radius 2 is 1.47 bits per heavy atom. The molecule has 0 saturated carbocycles. The van der Waals surface area contributed by atoms with Crippen molar-refractivity contribution in [2.24, 2.45) is 16.0 Å². The third-order valence-corrected chi connectivity index (χ3v) is 5.08. The fourth-order valence-electron chi connectivity index (χ4n) is 3.16. The van der Waals surface area contributed by atoms with Crippen molar-refractivity contribution >= 4 is 40.3 Å². The Morgan fingerprint density at radius 3 is 2.07 bits per heavy atom. The predicted molar refractivity (Wildman–Crippen MR) is 126 cm³/mol. The SMILES string of the molecule is Cc1cccc(Cl)c1N=Nc1c(-c2ccccc2)nn(C(N)=S)c1-c1ccccc1. The molecular weight excluding hydrogens is 414 g/mol. The van der Waals surface area contributed by atoms with Crippen LogP contribution in [0.15, 0.2) is 89.1 Å². The molecule has 0 aliphatic rings. The van der Waals surface area contributed by atoms with Gasteiger partial charge in [0.1, 0.15) is 22.8 Å². The average Bonchev–Trinajstić information content (AvgIpc) is 3.14. The van der Waals surface area contributed by atoms with Crippen LogP contribution in [0.2, 0.25) is 5.02 Å². The van der Waals surface area contributed by atoms with Crippen LogP contribution in [-0.4, -0.2) is 14.9 Å². The molecule has 0 spiro atoms. The first-order valence-electron chi connectivity index (χ1n) is 9.27. The topological polar surface area (TPSA) is 68.6 Å². The lowest BCUT2D eigenvalue weighted by Gasteiger charge is -2.06. The van der Waals surface area contributed by atoms with Gasteiger partial charge in [-0.2, -0.15) is 5.10 Å². The molecule has 1 heterocycles. The van der Waals surface area contributed by atoms with Crippen LogP contribution in [0.5, 0.6) is 0 Å². The number of benzene rings is 3. The number of aromatic nitrogens is 2. The summed E-state index contributed by atoms with van der Waals surface area (Å²) in [6.45, 7) is 1.94. The molecule has 1 aromatic heterocycles. The maximum Gasteiger partial charge on any atom is 0.191 e. The zero-order valence-electron chi connectivity index (χ0n) is 16.2. The second-order valence-corrected chi connectivity index (χ2v) is 7.46. The lowest BCUT2D eigenvalue weighted by molar-refractivity contribution is 0.951. The predicted octanol–water partition coefficient (Wildman–Crippen LogP) is 6.69. The smallest absolute Gasteiger partial charge is 0.191 e. The van der Waals surface area contributed by atoms with Crippen LogP contribution >= 0.6 is 23.8 Å². The quantitative estimate of drug-likeness (QED) is 0.289. The van der Waals surface area contributed by atoms with Gasteiger partial charge in [-0.25, -0.2) is 4.68 Å². The zero-order chi connectivity index (χ0) is 21.1. The fraction of sp³-hybridized carbons (Fsp3) is 0.0435. The Balaban J connectivity index is 1.99. The summed E-state index contributed by atoms with van der Waals surface area (Å²) >= 11 is 11.6. The highest BCUT2D eigenvalue weighted by molar-refractivity contribution is 7.80. The lowest BCUT2D eigenvalue weighted by Crippen LogP contribution is -2.21. The molecule has 0 radical (unpaired) electrons. The first-order chi connectivity index (χ1) is 14.6. The summed E-state index contributed by atoms with van der Waals surface area (Å²) in [6.07, 6.45) is 0. The van der Waals surface area contributed by atoms with E-state index in [0.717, 1.165) is 16.7 Å². The van der Waals surface area contributed by atoms with Crippen LogP contribution in [0.1, 0.15) is 5.56 Å². The Bertz CT molecular complexity index is 1210. The van der Waals surface area contributed by atoms with Gasteiger partial charge in [-0.15, -0.1) is 10.2 Å². The van der Waals surface area contributed by atoms with Crippen molar-refractivity contribution in [1.82, 2.24) is 9.78 Å². The molecule has 0 aliphatic heterocycles. The molecule has 7 heteroatoms. The standard InChI is InChI=1S/C23H18ClN5S/c1-15-9-8-14-18(24)19(15)26-27-21-20(16-10-4-2-5-11-16)28-29(23(25)30)22(21)17-12-6-3-7-13-17/h2-14H,1H3,(H2,25,30). The average molecular weight is 432 g/mol. The molecule has 0 saturated heterocycles. The molecule has 0 fully saturated rings. The van der Waals surface area contributed by atoms with E-state index in [-0.39, 0.29) is 5.11 Å². The lowest BCUT2D eigenvalue weighted by atomic mass is 10.1. The highest BCUT2D eigenvalue weighted by Crippen LogP contribution is 2.40. The van der Waals surface area contributed by atoms with E-state index in [0.29, 0.717) is 27.8 Å². The molecule has 0 aliphatic carbocycles.